The molecule has 154 valence electrons. The van der Waals surface area contributed by atoms with E-state index in [9.17, 15) is 8.42 Å². The number of hydrogen-bond donors (Lipinski definition) is 0. The van der Waals surface area contributed by atoms with Crippen molar-refractivity contribution < 1.29 is 8.42 Å². The molecule has 0 unspecified atom stereocenters. The summed E-state index contributed by atoms with van der Waals surface area (Å²) in [6.45, 7) is 1.91. The van der Waals surface area contributed by atoms with Gasteiger partial charge in [-0.1, -0.05) is 60.7 Å². The fraction of sp³-hybridized carbons (Fsp3) is 0.0870. The average molecular weight is 430 g/mol. The summed E-state index contributed by atoms with van der Waals surface area (Å²) < 4.78 is 30.0. The van der Waals surface area contributed by atoms with E-state index in [0.29, 0.717) is 17.2 Å². The molecule has 8 heteroatoms. The van der Waals surface area contributed by atoms with Gasteiger partial charge in [-0.3, -0.25) is 4.31 Å². The van der Waals surface area contributed by atoms with Crippen molar-refractivity contribution in [2.45, 2.75) is 18.4 Å². The largest absolute Gasteiger partial charge is 0.264 e. The van der Waals surface area contributed by atoms with Crippen LogP contribution in [0.15, 0.2) is 89.8 Å². The molecule has 7 nitrogen and oxygen atoms in total. The smallest absolute Gasteiger partial charge is 0.259 e. The summed E-state index contributed by atoms with van der Waals surface area (Å²) in [5.41, 5.74) is 1.96. The van der Waals surface area contributed by atoms with Gasteiger partial charge < -0.3 is 0 Å². The molecule has 5 rings (SSSR count). The Bertz CT molecular complexity index is 1480. The number of fused-ring (bicyclic) bond motifs is 3. The maximum atomic E-state index is 13.5. The highest BCUT2D eigenvalue weighted by molar-refractivity contribution is 7.92. The molecule has 5 aromatic rings. The van der Waals surface area contributed by atoms with Crippen molar-refractivity contribution in [1.82, 2.24) is 19.8 Å². The summed E-state index contributed by atoms with van der Waals surface area (Å²) in [5, 5.41) is 15.2. The van der Waals surface area contributed by atoms with E-state index in [1.54, 1.807) is 59.1 Å². The molecule has 2 heterocycles. The summed E-state index contributed by atoms with van der Waals surface area (Å²) >= 11 is 0. The summed E-state index contributed by atoms with van der Waals surface area (Å²) in [6, 6.07) is 25.2. The van der Waals surface area contributed by atoms with Crippen LogP contribution in [0.2, 0.25) is 0 Å². The quantitative estimate of drug-likeness (QED) is 0.422. The topological polar surface area (TPSA) is 80.5 Å². The second-order valence-electron chi connectivity index (χ2n) is 7.14. The van der Waals surface area contributed by atoms with Crippen LogP contribution in [0.5, 0.6) is 0 Å². The maximum absolute atomic E-state index is 13.5. The first-order chi connectivity index (χ1) is 15.1. The summed E-state index contributed by atoms with van der Waals surface area (Å²) in [5.74, 6) is 0.437. The van der Waals surface area contributed by atoms with Gasteiger partial charge in [0.25, 0.3) is 10.0 Å². The molecule has 0 aliphatic heterocycles. The number of benzene rings is 3. The molecule has 3 aromatic carbocycles. The number of aromatic nitrogens is 4. The zero-order chi connectivity index (χ0) is 21.4. The summed E-state index contributed by atoms with van der Waals surface area (Å²) in [7, 11) is -3.83. The SMILES string of the molecule is Cc1nn2c(CN(c3ccccc3)S(=O)(=O)c3ccccc3)nnc2c2ccccc12. The molecule has 0 saturated heterocycles. The van der Waals surface area contributed by atoms with Crippen molar-refractivity contribution >= 4 is 32.1 Å². The Morgan fingerprint density at radius 2 is 1.42 bits per heavy atom. The van der Waals surface area contributed by atoms with Gasteiger partial charge >= 0.3 is 0 Å². The van der Waals surface area contributed by atoms with Gasteiger partial charge in [-0.15, -0.1) is 10.2 Å². The van der Waals surface area contributed by atoms with Crippen LogP contribution in [0.1, 0.15) is 11.5 Å². The molecule has 0 bridgehead atoms. The molecule has 0 aliphatic carbocycles. The Morgan fingerprint density at radius 1 is 0.806 bits per heavy atom. The molecule has 0 saturated carbocycles. The fourth-order valence-electron chi connectivity index (χ4n) is 3.64. The van der Waals surface area contributed by atoms with Crippen LogP contribution in [-0.4, -0.2) is 28.2 Å². The minimum Gasteiger partial charge on any atom is -0.259 e. The predicted molar refractivity (Wildman–Crippen MR) is 119 cm³/mol. The van der Waals surface area contributed by atoms with E-state index in [1.165, 1.54) is 4.31 Å². The normalized spacial score (nSPS) is 11.8. The van der Waals surface area contributed by atoms with Gasteiger partial charge in [0.2, 0.25) is 0 Å². The number of sulfonamides is 1. The first-order valence-electron chi connectivity index (χ1n) is 9.78. The molecule has 0 radical (unpaired) electrons. The minimum atomic E-state index is -3.83. The molecule has 0 N–H and O–H groups in total. The Labute approximate surface area is 179 Å². The lowest BCUT2D eigenvalue weighted by atomic mass is 10.1. The van der Waals surface area contributed by atoms with E-state index >= 15 is 0 Å². The van der Waals surface area contributed by atoms with E-state index in [0.717, 1.165) is 16.5 Å². The second kappa shape index (κ2) is 7.48. The van der Waals surface area contributed by atoms with E-state index in [-0.39, 0.29) is 11.4 Å². The van der Waals surface area contributed by atoms with Crippen LogP contribution in [0.25, 0.3) is 16.4 Å². The van der Waals surface area contributed by atoms with Crippen LogP contribution in [0, 0.1) is 6.92 Å². The zero-order valence-electron chi connectivity index (χ0n) is 16.8. The predicted octanol–water partition coefficient (Wildman–Crippen LogP) is 3.98. The van der Waals surface area contributed by atoms with Crippen LogP contribution >= 0.6 is 0 Å². The van der Waals surface area contributed by atoms with Gasteiger partial charge in [-0.05, 0) is 31.2 Å². The van der Waals surface area contributed by atoms with E-state index in [1.807, 2.05) is 37.3 Å². The van der Waals surface area contributed by atoms with Gasteiger partial charge in [-0.25, -0.2) is 8.42 Å². The van der Waals surface area contributed by atoms with Crippen molar-refractivity contribution in [1.29, 1.82) is 0 Å². The van der Waals surface area contributed by atoms with E-state index in [4.69, 9.17) is 0 Å². The zero-order valence-corrected chi connectivity index (χ0v) is 17.6. The van der Waals surface area contributed by atoms with Gasteiger partial charge in [-0.2, -0.15) is 9.61 Å². The van der Waals surface area contributed by atoms with E-state index < -0.39 is 10.0 Å². The number of nitrogens with zero attached hydrogens (tertiary/aromatic N) is 5. The molecular formula is C23H19N5O2S. The molecule has 0 spiro atoms. The van der Waals surface area contributed by atoms with E-state index in [2.05, 4.69) is 15.3 Å². The van der Waals surface area contributed by atoms with Crippen LogP contribution in [0.3, 0.4) is 0 Å². The highest BCUT2D eigenvalue weighted by Gasteiger charge is 2.27. The molecule has 31 heavy (non-hydrogen) atoms. The van der Waals surface area contributed by atoms with Crippen LogP contribution < -0.4 is 4.31 Å². The van der Waals surface area contributed by atoms with Crippen LogP contribution in [-0.2, 0) is 16.6 Å². The van der Waals surface area contributed by atoms with Gasteiger partial charge in [0, 0.05) is 10.8 Å². The van der Waals surface area contributed by atoms with Gasteiger partial charge in [0.15, 0.2) is 11.5 Å². The molecule has 0 fully saturated rings. The van der Waals surface area contributed by atoms with Crippen molar-refractivity contribution in [3.8, 4) is 0 Å². The fourth-order valence-corrected chi connectivity index (χ4v) is 5.08. The number of aryl methyl sites for hydroxylation is 1. The molecule has 2 aromatic heterocycles. The van der Waals surface area contributed by atoms with Crippen molar-refractivity contribution in [2.75, 3.05) is 4.31 Å². The van der Waals surface area contributed by atoms with Gasteiger partial charge in [0.1, 0.15) is 0 Å². The number of anilines is 1. The first kappa shape index (κ1) is 19.2. The molecular weight excluding hydrogens is 410 g/mol. The van der Waals surface area contributed by atoms with Crippen molar-refractivity contribution in [3.05, 3.63) is 96.4 Å². The Kier molecular flexibility index (Phi) is 4.63. The maximum Gasteiger partial charge on any atom is 0.264 e. The third kappa shape index (κ3) is 3.30. The van der Waals surface area contributed by atoms with Crippen LogP contribution in [0.4, 0.5) is 5.69 Å². The first-order valence-corrected chi connectivity index (χ1v) is 11.2. The highest BCUT2D eigenvalue weighted by Crippen LogP contribution is 2.26. The van der Waals surface area contributed by atoms with Crippen molar-refractivity contribution in [2.24, 2.45) is 0 Å². The summed E-state index contributed by atoms with van der Waals surface area (Å²) in [4.78, 5) is 0.210. The molecule has 0 amide bonds. The average Bonchev–Trinajstić information content (AvgIpc) is 3.21. The molecule has 0 aliphatic rings. The third-order valence-electron chi connectivity index (χ3n) is 5.17. The third-order valence-corrected chi connectivity index (χ3v) is 6.96. The number of hydrogen-bond acceptors (Lipinski definition) is 5. The minimum absolute atomic E-state index is 0.00676. The lowest BCUT2D eigenvalue weighted by Crippen LogP contribution is -2.31. The number of para-hydroxylation sites is 1. The Morgan fingerprint density at radius 3 is 2.13 bits per heavy atom. The van der Waals surface area contributed by atoms with Gasteiger partial charge in [0.05, 0.1) is 22.8 Å². The monoisotopic (exact) mass is 429 g/mol. The van der Waals surface area contributed by atoms with Crippen molar-refractivity contribution in [3.63, 3.8) is 0 Å². The number of rotatable bonds is 5. The second-order valence-corrected chi connectivity index (χ2v) is 9.01. The Balaban J connectivity index is 1.67. The lowest BCUT2D eigenvalue weighted by molar-refractivity contribution is 0.588. The Hall–Kier alpha value is -3.78. The molecule has 0 atom stereocenters. The summed E-state index contributed by atoms with van der Waals surface area (Å²) in [6.07, 6.45) is 0. The lowest BCUT2D eigenvalue weighted by Gasteiger charge is -2.23. The highest BCUT2D eigenvalue weighted by atomic mass is 32.2. The standard InChI is InChI=1S/C23H19N5O2S/c1-17-20-14-8-9-15-21(20)23-25-24-22(28(23)26-17)16-27(18-10-4-2-5-11-18)31(29,30)19-12-6-3-7-13-19/h2-15H,16H2,1H3.